The van der Waals surface area contributed by atoms with Crippen molar-refractivity contribution in [1.29, 1.82) is 0 Å². The summed E-state index contributed by atoms with van der Waals surface area (Å²) in [5.41, 5.74) is 0. The third-order valence-electron chi connectivity index (χ3n) is 8.92. The molecule has 1 N–H and O–H groups in total. The molecule has 0 bridgehead atoms. The Labute approximate surface area is 298 Å². The molecular weight excluding hydrogens is 625 g/mol. The van der Waals surface area contributed by atoms with Gasteiger partial charge < -0.3 is 18.9 Å². The van der Waals surface area contributed by atoms with E-state index >= 15 is 0 Å². The number of carbonyl (C=O) groups excluding carboxylic acids is 1. The molecule has 0 aliphatic carbocycles. The summed E-state index contributed by atoms with van der Waals surface area (Å²) in [5.74, 6) is -0.315. The van der Waals surface area contributed by atoms with Crippen molar-refractivity contribution in [2.45, 2.75) is 193 Å². The van der Waals surface area contributed by atoms with E-state index in [0.29, 0.717) is 24.1 Å². The zero-order valence-corrected chi connectivity index (χ0v) is 33.4. The van der Waals surface area contributed by atoms with Gasteiger partial charge in [-0.15, -0.1) is 0 Å². The summed E-state index contributed by atoms with van der Waals surface area (Å²) in [5, 5.41) is 0. The number of phosphoric ester groups is 1. The number of nitrogens with zero attached hydrogens (tertiary/aromatic N) is 1. The first-order valence-corrected chi connectivity index (χ1v) is 21.8. The van der Waals surface area contributed by atoms with E-state index in [0.717, 1.165) is 32.1 Å². The first kappa shape index (κ1) is 47.5. The minimum absolute atomic E-state index is 0.0933. The number of esters is 1. The highest BCUT2D eigenvalue weighted by Crippen LogP contribution is 2.43. The van der Waals surface area contributed by atoms with Gasteiger partial charge in [0.1, 0.15) is 19.3 Å². The van der Waals surface area contributed by atoms with Crippen molar-refractivity contribution in [3.63, 3.8) is 0 Å². The fourth-order valence-corrected chi connectivity index (χ4v) is 6.47. The number of likely N-dealkylation sites (N-methyl/N-ethyl adjacent to an activating group) is 1. The highest BCUT2D eigenvalue weighted by Gasteiger charge is 2.26. The lowest BCUT2D eigenvalue weighted by molar-refractivity contribution is -0.870. The Morgan fingerprint density at radius 3 is 1.38 bits per heavy atom. The summed E-state index contributed by atoms with van der Waals surface area (Å²) in [6, 6.07) is 0. The Hall–Kier alpha value is -0.500. The van der Waals surface area contributed by atoms with Crippen LogP contribution < -0.4 is 0 Å². The first-order valence-electron chi connectivity index (χ1n) is 20.3. The molecule has 0 rings (SSSR count). The van der Waals surface area contributed by atoms with Crippen LogP contribution in [0.2, 0.25) is 0 Å². The molecule has 0 aliphatic heterocycles. The Kier molecular flexibility index (Phi) is 33.3. The number of ether oxygens (including phenoxy) is 2. The molecule has 48 heavy (non-hydrogen) atoms. The van der Waals surface area contributed by atoms with Crippen molar-refractivity contribution in [3.8, 4) is 0 Å². The van der Waals surface area contributed by atoms with Gasteiger partial charge in [-0.25, -0.2) is 4.57 Å². The van der Waals surface area contributed by atoms with E-state index < -0.39 is 13.9 Å². The molecule has 0 fully saturated rings. The molecule has 0 aromatic rings. The summed E-state index contributed by atoms with van der Waals surface area (Å²) >= 11 is 0. The van der Waals surface area contributed by atoms with Gasteiger partial charge in [0.2, 0.25) is 0 Å². The minimum atomic E-state index is -4.26. The Balaban J connectivity index is 4.11. The predicted octanol–water partition coefficient (Wildman–Crippen LogP) is 11.3. The number of hydrogen-bond donors (Lipinski definition) is 1. The SMILES string of the molecule is CCCCCCCCCCCCCCCCCCCCOCC(COP(=O)(O)OCC[N+](C)(C)C)OC(=O)CCCCCCCCCC. The van der Waals surface area contributed by atoms with Crippen LogP contribution in [0.5, 0.6) is 0 Å². The first-order chi connectivity index (χ1) is 23.1. The topological polar surface area (TPSA) is 91.3 Å². The predicted molar refractivity (Wildman–Crippen MR) is 201 cm³/mol. The number of rotatable bonds is 38. The monoisotopic (exact) mass is 707 g/mol. The van der Waals surface area contributed by atoms with Gasteiger partial charge in [0.15, 0.2) is 0 Å². The molecular formula is C39H81NO7P+. The smallest absolute Gasteiger partial charge is 0.457 e. The van der Waals surface area contributed by atoms with Crippen LogP contribution in [-0.2, 0) is 27.9 Å². The number of carbonyl (C=O) groups is 1. The zero-order chi connectivity index (χ0) is 35.6. The van der Waals surface area contributed by atoms with Gasteiger partial charge >= 0.3 is 13.8 Å². The number of hydrogen-bond acceptors (Lipinski definition) is 6. The van der Waals surface area contributed by atoms with Crippen LogP contribution in [0.25, 0.3) is 0 Å². The Morgan fingerprint density at radius 1 is 0.562 bits per heavy atom. The Morgan fingerprint density at radius 2 is 0.958 bits per heavy atom. The highest BCUT2D eigenvalue weighted by atomic mass is 31.2. The van der Waals surface area contributed by atoms with Gasteiger partial charge in [0, 0.05) is 13.0 Å². The van der Waals surface area contributed by atoms with Crippen LogP contribution in [-0.4, -0.2) is 75.6 Å². The highest BCUT2D eigenvalue weighted by molar-refractivity contribution is 7.47. The van der Waals surface area contributed by atoms with Crippen molar-refractivity contribution in [1.82, 2.24) is 0 Å². The average Bonchev–Trinajstić information content (AvgIpc) is 3.03. The summed E-state index contributed by atoms with van der Waals surface area (Å²) in [6.07, 6.45) is 32.8. The molecule has 0 aromatic heterocycles. The molecule has 2 unspecified atom stereocenters. The van der Waals surface area contributed by atoms with Crippen LogP contribution in [0.1, 0.15) is 187 Å². The maximum Gasteiger partial charge on any atom is 0.472 e. The fraction of sp³-hybridized carbons (Fsp3) is 0.974. The molecule has 0 aromatic carbocycles. The lowest BCUT2D eigenvalue weighted by Gasteiger charge is -2.24. The molecule has 0 saturated heterocycles. The van der Waals surface area contributed by atoms with E-state index in [1.54, 1.807) is 0 Å². The molecule has 0 radical (unpaired) electrons. The van der Waals surface area contributed by atoms with E-state index in [-0.39, 0.29) is 25.8 Å². The van der Waals surface area contributed by atoms with E-state index in [4.69, 9.17) is 18.5 Å². The third kappa shape index (κ3) is 36.8. The van der Waals surface area contributed by atoms with Gasteiger partial charge in [-0.3, -0.25) is 13.8 Å². The fourth-order valence-electron chi connectivity index (χ4n) is 5.73. The van der Waals surface area contributed by atoms with Gasteiger partial charge in [-0.05, 0) is 12.8 Å². The number of quaternary nitrogens is 1. The lowest BCUT2D eigenvalue weighted by atomic mass is 10.0. The molecule has 0 saturated carbocycles. The number of phosphoric acid groups is 1. The van der Waals surface area contributed by atoms with Crippen molar-refractivity contribution in [2.75, 3.05) is 54.1 Å². The van der Waals surface area contributed by atoms with Gasteiger partial charge in [0.25, 0.3) is 0 Å². The van der Waals surface area contributed by atoms with Crippen LogP contribution in [0.15, 0.2) is 0 Å². The third-order valence-corrected chi connectivity index (χ3v) is 9.90. The summed E-state index contributed by atoms with van der Waals surface area (Å²) in [4.78, 5) is 22.7. The van der Waals surface area contributed by atoms with E-state index in [2.05, 4.69) is 13.8 Å². The average molecular weight is 707 g/mol. The van der Waals surface area contributed by atoms with E-state index in [1.165, 1.54) is 135 Å². The standard InChI is InChI=1S/C39H80NO7P/c1-6-8-10-12-14-16-17-18-19-20-21-22-23-24-25-27-29-31-34-44-36-38(37-46-48(42,43)45-35-33-40(3,4)5)47-39(41)32-30-28-26-15-13-11-9-7-2/h38H,6-37H2,1-5H3/p+1. The normalized spacial score (nSPS) is 13.9. The largest absolute Gasteiger partial charge is 0.472 e. The summed E-state index contributed by atoms with van der Waals surface area (Å²) < 4.78 is 34.8. The molecule has 2 atom stereocenters. The van der Waals surface area contributed by atoms with Crippen molar-refractivity contribution >= 4 is 13.8 Å². The maximum atomic E-state index is 12.5. The molecule has 288 valence electrons. The quantitative estimate of drug-likeness (QED) is 0.0296. The van der Waals surface area contributed by atoms with Crippen LogP contribution in [0.3, 0.4) is 0 Å². The van der Waals surface area contributed by atoms with E-state index in [9.17, 15) is 14.3 Å². The second-order valence-electron chi connectivity index (χ2n) is 15.0. The Bertz CT molecular complexity index is 746. The zero-order valence-electron chi connectivity index (χ0n) is 32.5. The van der Waals surface area contributed by atoms with Gasteiger partial charge in [0.05, 0.1) is 34.4 Å². The second kappa shape index (κ2) is 33.6. The van der Waals surface area contributed by atoms with Crippen LogP contribution >= 0.6 is 7.82 Å². The van der Waals surface area contributed by atoms with Crippen LogP contribution in [0.4, 0.5) is 0 Å². The lowest BCUT2D eigenvalue weighted by Crippen LogP contribution is -2.37. The van der Waals surface area contributed by atoms with Crippen LogP contribution in [0, 0.1) is 0 Å². The minimum Gasteiger partial charge on any atom is -0.457 e. The van der Waals surface area contributed by atoms with Crippen molar-refractivity contribution in [2.24, 2.45) is 0 Å². The molecule has 0 heterocycles. The van der Waals surface area contributed by atoms with E-state index in [1.807, 2.05) is 21.1 Å². The summed E-state index contributed by atoms with van der Waals surface area (Å²) in [6.45, 7) is 5.63. The van der Waals surface area contributed by atoms with Crippen molar-refractivity contribution < 1.29 is 37.3 Å². The second-order valence-corrected chi connectivity index (χ2v) is 16.5. The molecule has 0 amide bonds. The number of unbranched alkanes of at least 4 members (excludes halogenated alkanes) is 24. The van der Waals surface area contributed by atoms with Gasteiger partial charge in [-0.1, -0.05) is 168 Å². The molecule has 0 aliphatic rings. The van der Waals surface area contributed by atoms with Gasteiger partial charge in [-0.2, -0.15) is 0 Å². The molecule has 9 heteroatoms. The maximum absolute atomic E-state index is 12.5. The molecule has 8 nitrogen and oxygen atoms in total. The summed E-state index contributed by atoms with van der Waals surface area (Å²) in [7, 11) is 1.68. The van der Waals surface area contributed by atoms with Crippen molar-refractivity contribution in [3.05, 3.63) is 0 Å². The molecule has 0 spiro atoms.